The van der Waals surface area contributed by atoms with Crippen LogP contribution in [0.2, 0.25) is 0 Å². The molecule has 11 nitrogen and oxygen atoms in total. The van der Waals surface area contributed by atoms with Gasteiger partial charge in [0.2, 0.25) is 11.8 Å². The third kappa shape index (κ3) is 9.19. The minimum Gasteiger partial charge on any atom is -0.489 e. The van der Waals surface area contributed by atoms with E-state index in [0.717, 1.165) is 6.08 Å². The van der Waals surface area contributed by atoms with Crippen LogP contribution in [0, 0.1) is 5.82 Å². The van der Waals surface area contributed by atoms with E-state index in [-0.39, 0.29) is 37.7 Å². The average Bonchev–Trinajstić information content (AvgIpc) is 2.87. The van der Waals surface area contributed by atoms with Crippen molar-refractivity contribution in [1.82, 2.24) is 20.6 Å². The predicted octanol–water partition coefficient (Wildman–Crippen LogP) is 4.81. The van der Waals surface area contributed by atoms with Gasteiger partial charge in [-0.25, -0.2) is 19.2 Å². The van der Waals surface area contributed by atoms with Gasteiger partial charge in [0.25, 0.3) is 0 Å². The molecule has 0 bridgehead atoms. The van der Waals surface area contributed by atoms with Crippen molar-refractivity contribution in [3.63, 3.8) is 0 Å². The van der Waals surface area contributed by atoms with Crippen molar-refractivity contribution in [3.05, 3.63) is 59.6 Å². The van der Waals surface area contributed by atoms with Crippen molar-refractivity contribution >= 4 is 61.9 Å². The van der Waals surface area contributed by atoms with Gasteiger partial charge in [0.05, 0.1) is 23.4 Å². The molecule has 3 amide bonds. The minimum absolute atomic E-state index is 0.0571. The number of nitrogens with one attached hydrogen (secondary N) is 4. The Labute approximate surface area is 239 Å². The number of aromatic nitrogens is 2. The van der Waals surface area contributed by atoms with Crippen molar-refractivity contribution in [2.75, 3.05) is 30.3 Å². The third-order valence-corrected chi connectivity index (χ3v) is 5.56. The second-order valence-corrected chi connectivity index (χ2v) is 10.3. The maximum atomic E-state index is 14.4. The molecule has 3 rings (SSSR count). The summed E-state index contributed by atoms with van der Waals surface area (Å²) in [5.41, 5.74) is 0.355. The molecular formula is C27H30BrFN6O5. The Balaban J connectivity index is 1.66. The number of ether oxygens (including phenoxy) is 2. The lowest BCUT2D eigenvalue weighted by molar-refractivity contribution is -0.121. The van der Waals surface area contributed by atoms with E-state index in [0.29, 0.717) is 32.6 Å². The van der Waals surface area contributed by atoms with Crippen molar-refractivity contribution in [3.8, 4) is 5.75 Å². The third-order valence-electron chi connectivity index (χ3n) is 5.07. The number of carbonyl (C=O) groups is 3. The number of fused-ring (bicyclic) bond motifs is 1. The van der Waals surface area contributed by atoms with Crippen molar-refractivity contribution in [2.45, 2.75) is 32.8 Å². The van der Waals surface area contributed by atoms with E-state index in [1.807, 2.05) is 0 Å². The molecule has 0 atom stereocenters. The van der Waals surface area contributed by atoms with Crippen molar-refractivity contribution in [2.24, 2.45) is 0 Å². The van der Waals surface area contributed by atoms with E-state index in [9.17, 15) is 18.8 Å². The minimum atomic E-state index is -0.627. The molecule has 1 aromatic heterocycles. The van der Waals surface area contributed by atoms with Crippen molar-refractivity contribution in [1.29, 1.82) is 0 Å². The monoisotopic (exact) mass is 616 g/mol. The molecule has 40 heavy (non-hydrogen) atoms. The molecule has 0 unspecified atom stereocenters. The Morgan fingerprint density at radius 2 is 1.85 bits per heavy atom. The van der Waals surface area contributed by atoms with Gasteiger partial charge in [0.15, 0.2) is 0 Å². The van der Waals surface area contributed by atoms with Gasteiger partial charge in [-0.15, -0.1) is 0 Å². The Morgan fingerprint density at radius 1 is 1.07 bits per heavy atom. The molecule has 0 aliphatic rings. The highest BCUT2D eigenvalue weighted by atomic mass is 79.9. The predicted molar refractivity (Wildman–Crippen MR) is 153 cm³/mol. The summed E-state index contributed by atoms with van der Waals surface area (Å²) in [6.45, 7) is 9.07. The smallest absolute Gasteiger partial charge is 0.407 e. The number of hydrogen-bond donors (Lipinski definition) is 4. The number of anilines is 3. The van der Waals surface area contributed by atoms with E-state index in [1.165, 1.54) is 12.4 Å². The number of hydrogen-bond acceptors (Lipinski definition) is 8. The number of amides is 3. The van der Waals surface area contributed by atoms with Crippen LogP contribution in [0.25, 0.3) is 10.9 Å². The average molecular weight is 617 g/mol. The normalized spacial score (nSPS) is 10.9. The van der Waals surface area contributed by atoms with Gasteiger partial charge in [0, 0.05) is 28.9 Å². The van der Waals surface area contributed by atoms with Gasteiger partial charge < -0.3 is 30.7 Å². The van der Waals surface area contributed by atoms with Crippen LogP contribution >= 0.6 is 15.9 Å². The number of alkyl carbamates (subject to hydrolysis) is 1. The summed E-state index contributed by atoms with van der Waals surface area (Å²) in [6, 6.07) is 7.78. The first-order valence-electron chi connectivity index (χ1n) is 12.3. The fourth-order valence-corrected chi connectivity index (χ4v) is 3.67. The fraction of sp³-hybridized carbons (Fsp3) is 0.296. The lowest BCUT2D eigenvalue weighted by Gasteiger charge is -2.19. The summed E-state index contributed by atoms with van der Waals surface area (Å²) in [7, 11) is 0. The van der Waals surface area contributed by atoms with Crippen LogP contribution in [0.3, 0.4) is 0 Å². The number of benzene rings is 2. The van der Waals surface area contributed by atoms with E-state index < -0.39 is 23.4 Å². The molecule has 1 heterocycles. The van der Waals surface area contributed by atoms with Gasteiger partial charge >= 0.3 is 6.09 Å². The Hall–Kier alpha value is -4.26. The fourth-order valence-electron chi connectivity index (χ4n) is 3.33. The first kappa shape index (κ1) is 30.3. The maximum absolute atomic E-state index is 14.4. The summed E-state index contributed by atoms with van der Waals surface area (Å²) in [4.78, 5) is 44.3. The highest BCUT2D eigenvalue weighted by Gasteiger charge is 2.16. The second kappa shape index (κ2) is 13.7. The van der Waals surface area contributed by atoms with E-state index >= 15 is 0 Å². The van der Waals surface area contributed by atoms with Gasteiger partial charge in [-0.05, 0) is 51.1 Å². The zero-order chi connectivity index (χ0) is 29.3. The van der Waals surface area contributed by atoms with Crippen LogP contribution < -0.4 is 26.0 Å². The van der Waals surface area contributed by atoms with Crippen LogP contribution in [0.5, 0.6) is 5.75 Å². The van der Waals surface area contributed by atoms with Crippen LogP contribution in [-0.4, -0.2) is 53.2 Å². The molecule has 13 heteroatoms. The first-order valence-corrected chi connectivity index (χ1v) is 13.0. The summed E-state index contributed by atoms with van der Waals surface area (Å²) in [6.07, 6.45) is 1.88. The summed E-state index contributed by atoms with van der Waals surface area (Å²) < 4.78 is 26.0. The van der Waals surface area contributed by atoms with E-state index in [2.05, 4.69) is 53.7 Å². The van der Waals surface area contributed by atoms with Crippen LogP contribution in [-0.2, 0) is 14.3 Å². The molecule has 0 aliphatic heterocycles. The van der Waals surface area contributed by atoms with Crippen LogP contribution in [0.4, 0.5) is 26.4 Å². The van der Waals surface area contributed by atoms with E-state index in [1.54, 1.807) is 45.0 Å². The van der Waals surface area contributed by atoms with Gasteiger partial charge in [-0.3, -0.25) is 9.59 Å². The largest absolute Gasteiger partial charge is 0.489 e. The number of rotatable bonds is 11. The quantitative estimate of drug-likeness (QED) is 0.177. The van der Waals surface area contributed by atoms with E-state index in [4.69, 9.17) is 9.47 Å². The number of nitrogens with zero attached hydrogens (tertiary/aromatic N) is 2. The molecule has 0 saturated carbocycles. The Bertz CT molecular complexity index is 1410. The van der Waals surface area contributed by atoms with Gasteiger partial charge in [-0.2, -0.15) is 0 Å². The summed E-state index contributed by atoms with van der Waals surface area (Å²) in [5, 5.41) is 11.4. The second-order valence-electron chi connectivity index (χ2n) is 9.41. The lowest BCUT2D eigenvalue weighted by Crippen LogP contribution is -2.35. The maximum Gasteiger partial charge on any atom is 0.407 e. The number of halogens is 2. The molecule has 3 aromatic rings. The van der Waals surface area contributed by atoms with Crippen LogP contribution in [0.15, 0.2) is 53.8 Å². The molecule has 0 aliphatic carbocycles. The zero-order valence-corrected chi connectivity index (χ0v) is 23.9. The molecule has 0 radical (unpaired) electrons. The molecule has 0 fully saturated rings. The Kier molecular flexibility index (Phi) is 10.4. The SMILES string of the molecule is C=CC(=O)Nc1cc2c(Nc3ccc(Br)cc3F)ncnc2cc1OCCNC(=O)CCNC(=O)OC(C)(C)C. The molecular weight excluding hydrogens is 587 g/mol. The zero-order valence-electron chi connectivity index (χ0n) is 22.3. The Morgan fingerprint density at radius 3 is 2.55 bits per heavy atom. The standard InChI is InChI=1S/C27H30BrFN6O5/c1-5-23(36)34-21-13-17-20(32-15-33-25(17)35-19-7-6-16(28)12-18(19)29)14-22(21)39-11-10-30-24(37)8-9-31-26(38)40-27(2,3)4/h5-7,12-15H,1,8-11H2,2-4H3,(H,30,37)(H,31,38)(H,34,36)(H,32,33,35). The molecule has 0 spiro atoms. The topological polar surface area (TPSA) is 144 Å². The molecule has 4 N–H and O–H groups in total. The van der Waals surface area contributed by atoms with Crippen LogP contribution in [0.1, 0.15) is 27.2 Å². The summed E-state index contributed by atoms with van der Waals surface area (Å²) in [5.74, 6) is -0.631. The lowest BCUT2D eigenvalue weighted by atomic mass is 10.1. The molecule has 2 aromatic carbocycles. The highest BCUT2D eigenvalue weighted by molar-refractivity contribution is 9.10. The van der Waals surface area contributed by atoms with Gasteiger partial charge in [-0.1, -0.05) is 22.5 Å². The molecule has 0 saturated heterocycles. The van der Waals surface area contributed by atoms with Crippen molar-refractivity contribution < 1.29 is 28.2 Å². The van der Waals surface area contributed by atoms with Gasteiger partial charge in [0.1, 0.15) is 35.9 Å². The number of carbonyl (C=O) groups excluding carboxylic acids is 3. The molecule has 212 valence electrons. The first-order chi connectivity index (χ1) is 18.9. The summed E-state index contributed by atoms with van der Waals surface area (Å²) >= 11 is 3.23. The highest BCUT2D eigenvalue weighted by Crippen LogP contribution is 2.34.